The quantitative estimate of drug-likeness (QED) is 0.724. The van der Waals surface area contributed by atoms with Crippen molar-refractivity contribution in [2.24, 2.45) is 0 Å². The van der Waals surface area contributed by atoms with E-state index < -0.39 is 0 Å². The molecule has 16 heavy (non-hydrogen) atoms. The van der Waals surface area contributed by atoms with E-state index in [1.807, 2.05) is 0 Å². The monoisotopic (exact) mass is 218 g/mol. The fourth-order valence-corrected chi connectivity index (χ4v) is 1.80. The van der Waals surface area contributed by atoms with Crippen LogP contribution >= 0.6 is 0 Å². The molecule has 2 nitrogen and oxygen atoms in total. The average Bonchev–Trinajstić information content (AvgIpc) is 2.67. The Morgan fingerprint density at radius 2 is 1.88 bits per heavy atom. The Morgan fingerprint density at radius 1 is 1.25 bits per heavy atom. The Kier molecular flexibility index (Phi) is 2.60. The highest BCUT2D eigenvalue weighted by molar-refractivity contribution is 6.09. The van der Waals surface area contributed by atoms with Crippen LogP contribution in [-0.4, -0.2) is 5.78 Å². The molecule has 1 aromatic carbocycles. The fourth-order valence-electron chi connectivity index (χ4n) is 1.80. The van der Waals surface area contributed by atoms with Gasteiger partial charge in [-0.05, 0) is 49.2 Å². The molecule has 0 amide bonds. The summed E-state index contributed by atoms with van der Waals surface area (Å²) in [5.74, 6) is -0.260. The Hall–Kier alpha value is -1.90. The summed E-state index contributed by atoms with van der Waals surface area (Å²) < 4.78 is 18.1. The highest BCUT2D eigenvalue weighted by atomic mass is 19.1. The first-order valence-corrected chi connectivity index (χ1v) is 4.94. The van der Waals surface area contributed by atoms with E-state index in [1.165, 1.54) is 18.4 Å². The van der Waals surface area contributed by atoms with Gasteiger partial charge in [0.05, 0.1) is 6.26 Å². The number of ketones is 1. The van der Waals surface area contributed by atoms with Gasteiger partial charge in [0.1, 0.15) is 5.82 Å². The molecule has 1 heterocycles. The molecule has 82 valence electrons. The van der Waals surface area contributed by atoms with E-state index in [4.69, 9.17) is 4.42 Å². The maximum absolute atomic E-state index is 13.1. The topological polar surface area (TPSA) is 30.2 Å². The van der Waals surface area contributed by atoms with Gasteiger partial charge < -0.3 is 4.42 Å². The van der Waals surface area contributed by atoms with E-state index in [2.05, 4.69) is 0 Å². The number of hydrogen-bond acceptors (Lipinski definition) is 2. The highest BCUT2D eigenvalue weighted by Crippen LogP contribution is 2.20. The van der Waals surface area contributed by atoms with Crippen molar-refractivity contribution in [1.29, 1.82) is 0 Å². The van der Waals surface area contributed by atoms with Crippen LogP contribution in [0.2, 0.25) is 0 Å². The van der Waals surface area contributed by atoms with Crippen LogP contribution < -0.4 is 0 Å². The Labute approximate surface area is 92.7 Å². The lowest BCUT2D eigenvalue weighted by molar-refractivity contribution is 0.101. The molecule has 0 N–H and O–H groups in total. The Balaban J connectivity index is 2.53. The lowest BCUT2D eigenvalue weighted by Crippen LogP contribution is -2.05. The summed E-state index contributed by atoms with van der Waals surface area (Å²) in [4.78, 5) is 12.0. The summed E-state index contributed by atoms with van der Waals surface area (Å²) in [5.41, 5.74) is 1.76. The van der Waals surface area contributed by atoms with E-state index in [9.17, 15) is 9.18 Å². The number of carbonyl (C=O) groups excluding carboxylic acids is 1. The Morgan fingerprint density at radius 3 is 2.38 bits per heavy atom. The molecule has 2 rings (SSSR count). The average molecular weight is 218 g/mol. The van der Waals surface area contributed by atoms with Crippen molar-refractivity contribution >= 4 is 5.78 Å². The van der Waals surface area contributed by atoms with Crippen LogP contribution in [0.4, 0.5) is 4.39 Å². The maximum atomic E-state index is 13.1. The van der Waals surface area contributed by atoms with Crippen LogP contribution in [0.1, 0.15) is 27.2 Å². The van der Waals surface area contributed by atoms with Gasteiger partial charge in [-0.15, -0.1) is 0 Å². The fraction of sp³-hybridized carbons (Fsp3) is 0.154. The molecule has 0 aliphatic carbocycles. The van der Waals surface area contributed by atoms with E-state index in [0.717, 1.165) is 0 Å². The zero-order chi connectivity index (χ0) is 11.7. The molecule has 0 spiro atoms. The molecule has 0 radical (unpaired) electrons. The van der Waals surface area contributed by atoms with Gasteiger partial charge in [-0.25, -0.2) is 4.39 Å². The molecule has 2 aromatic rings. The number of halogens is 1. The van der Waals surface area contributed by atoms with Gasteiger partial charge in [-0.3, -0.25) is 4.79 Å². The second-order valence-corrected chi connectivity index (χ2v) is 3.72. The third-order valence-corrected chi connectivity index (χ3v) is 2.47. The SMILES string of the molecule is Cc1cc(F)cc(C)c1C(=O)c1ccco1. The minimum Gasteiger partial charge on any atom is -0.461 e. The summed E-state index contributed by atoms with van der Waals surface area (Å²) in [6.07, 6.45) is 1.45. The maximum Gasteiger partial charge on any atom is 0.228 e. The third kappa shape index (κ3) is 1.76. The molecule has 0 bridgehead atoms. The van der Waals surface area contributed by atoms with E-state index in [0.29, 0.717) is 16.7 Å². The van der Waals surface area contributed by atoms with Crippen molar-refractivity contribution in [2.45, 2.75) is 13.8 Å². The predicted octanol–water partition coefficient (Wildman–Crippen LogP) is 3.27. The van der Waals surface area contributed by atoms with Crippen LogP contribution in [0.3, 0.4) is 0 Å². The molecule has 3 heteroatoms. The number of benzene rings is 1. The molecule has 0 saturated heterocycles. The largest absolute Gasteiger partial charge is 0.461 e. The zero-order valence-electron chi connectivity index (χ0n) is 9.08. The number of furan rings is 1. The van der Waals surface area contributed by atoms with Crippen LogP contribution in [0.5, 0.6) is 0 Å². The molecular weight excluding hydrogens is 207 g/mol. The lowest BCUT2D eigenvalue weighted by atomic mass is 9.98. The second-order valence-electron chi connectivity index (χ2n) is 3.72. The van der Waals surface area contributed by atoms with Crippen molar-refractivity contribution in [1.82, 2.24) is 0 Å². The van der Waals surface area contributed by atoms with Crippen molar-refractivity contribution < 1.29 is 13.6 Å². The Bertz CT molecular complexity index is 504. The van der Waals surface area contributed by atoms with Crippen molar-refractivity contribution in [3.05, 3.63) is 58.8 Å². The number of carbonyl (C=O) groups is 1. The summed E-state index contributed by atoms with van der Waals surface area (Å²) in [6.45, 7) is 3.43. The van der Waals surface area contributed by atoms with Gasteiger partial charge in [0.15, 0.2) is 5.76 Å². The van der Waals surface area contributed by atoms with E-state index >= 15 is 0 Å². The molecular formula is C13H11FO2. The highest BCUT2D eigenvalue weighted by Gasteiger charge is 2.17. The summed E-state index contributed by atoms with van der Waals surface area (Å²) >= 11 is 0. The zero-order valence-corrected chi connectivity index (χ0v) is 9.08. The van der Waals surface area contributed by atoms with Gasteiger partial charge in [-0.1, -0.05) is 0 Å². The normalized spacial score (nSPS) is 10.4. The molecule has 0 aliphatic heterocycles. The molecule has 0 unspecified atom stereocenters. The van der Waals surface area contributed by atoms with E-state index in [-0.39, 0.29) is 17.4 Å². The van der Waals surface area contributed by atoms with E-state index in [1.54, 1.807) is 26.0 Å². The van der Waals surface area contributed by atoms with Crippen LogP contribution in [0.25, 0.3) is 0 Å². The number of hydrogen-bond donors (Lipinski definition) is 0. The first-order valence-electron chi connectivity index (χ1n) is 4.94. The minimum atomic E-state index is -0.328. The molecule has 0 saturated carbocycles. The van der Waals surface area contributed by atoms with Crippen molar-refractivity contribution in [3.8, 4) is 0 Å². The number of aryl methyl sites for hydroxylation is 2. The summed E-state index contributed by atoms with van der Waals surface area (Å²) in [7, 11) is 0. The standard InChI is InChI=1S/C13H11FO2/c1-8-6-10(14)7-9(2)12(8)13(15)11-4-3-5-16-11/h3-7H,1-2H3. The first-order chi connectivity index (χ1) is 7.59. The van der Waals surface area contributed by atoms with Gasteiger partial charge in [0, 0.05) is 5.56 Å². The van der Waals surface area contributed by atoms with Gasteiger partial charge in [0.2, 0.25) is 5.78 Å². The van der Waals surface area contributed by atoms with Crippen LogP contribution in [0, 0.1) is 19.7 Å². The lowest BCUT2D eigenvalue weighted by Gasteiger charge is -2.07. The smallest absolute Gasteiger partial charge is 0.228 e. The summed E-state index contributed by atoms with van der Waals surface area (Å²) in [6, 6.07) is 5.96. The second kappa shape index (κ2) is 3.93. The van der Waals surface area contributed by atoms with Crippen LogP contribution in [0.15, 0.2) is 34.9 Å². The molecule has 0 aliphatic rings. The molecule has 0 fully saturated rings. The van der Waals surface area contributed by atoms with Crippen molar-refractivity contribution in [2.75, 3.05) is 0 Å². The first kappa shape index (κ1) is 10.6. The predicted molar refractivity (Wildman–Crippen MR) is 58.0 cm³/mol. The van der Waals surface area contributed by atoms with Gasteiger partial charge in [0.25, 0.3) is 0 Å². The van der Waals surface area contributed by atoms with Crippen LogP contribution in [-0.2, 0) is 0 Å². The molecule has 1 aromatic heterocycles. The third-order valence-electron chi connectivity index (χ3n) is 2.47. The van der Waals surface area contributed by atoms with Gasteiger partial charge >= 0.3 is 0 Å². The number of rotatable bonds is 2. The van der Waals surface area contributed by atoms with Crippen molar-refractivity contribution in [3.63, 3.8) is 0 Å². The summed E-state index contributed by atoms with van der Waals surface area (Å²) in [5, 5.41) is 0. The molecule has 0 atom stereocenters. The minimum absolute atomic E-state index is 0.208. The van der Waals surface area contributed by atoms with Gasteiger partial charge in [-0.2, -0.15) is 0 Å².